The molecule has 1 aromatic heterocycles. The molecule has 38 heavy (non-hydrogen) atoms. The molecule has 200 valence electrons. The number of nitrogens with one attached hydrogen (secondary N) is 2. The molecule has 4 atom stereocenters. The van der Waals surface area contributed by atoms with Crippen LogP contribution in [0, 0.1) is 11.3 Å². The molecule has 1 unspecified atom stereocenters. The third-order valence-corrected chi connectivity index (χ3v) is 7.11. The number of hydrogen-bond donors (Lipinski definition) is 2. The summed E-state index contributed by atoms with van der Waals surface area (Å²) in [6, 6.07) is 7.56. The van der Waals surface area contributed by atoms with Gasteiger partial charge >= 0.3 is 6.09 Å². The number of carbonyl (C=O) groups excluding carboxylic acids is 3. The number of hydrogen-bond acceptors (Lipinski definition) is 9. The van der Waals surface area contributed by atoms with Crippen LogP contribution in [0.15, 0.2) is 24.3 Å². The largest absolute Gasteiger partial charge is 0.444 e. The summed E-state index contributed by atoms with van der Waals surface area (Å²) in [7, 11) is 0. The Hall–Kier alpha value is -4.05. The molecule has 1 aromatic carbocycles. The molecule has 5 rings (SSSR count). The van der Waals surface area contributed by atoms with Crippen molar-refractivity contribution in [3.8, 4) is 17.5 Å². The number of tetrazole rings is 1. The maximum atomic E-state index is 13.6. The van der Waals surface area contributed by atoms with E-state index < -0.39 is 29.8 Å². The monoisotopic (exact) mass is 521 g/mol. The highest BCUT2D eigenvalue weighted by molar-refractivity contribution is 6.04. The van der Waals surface area contributed by atoms with Gasteiger partial charge in [0.25, 0.3) is 0 Å². The lowest BCUT2D eigenvalue weighted by Crippen LogP contribution is -2.59. The molecule has 4 heterocycles. The lowest BCUT2D eigenvalue weighted by atomic mass is 10.1. The lowest BCUT2D eigenvalue weighted by molar-refractivity contribution is -0.135. The second-order valence-corrected chi connectivity index (χ2v) is 10.8. The zero-order chi connectivity index (χ0) is 27.0. The van der Waals surface area contributed by atoms with E-state index in [9.17, 15) is 19.6 Å². The van der Waals surface area contributed by atoms with Crippen molar-refractivity contribution in [1.82, 2.24) is 35.7 Å². The van der Waals surface area contributed by atoms with Crippen molar-refractivity contribution in [2.45, 2.75) is 69.8 Å². The highest BCUT2D eigenvalue weighted by Gasteiger charge is 2.51. The summed E-state index contributed by atoms with van der Waals surface area (Å²) in [5, 5.41) is 26.4. The SMILES string of the molecule is CC(C)(C)OC(=O)N[C@@H](CN1CC2C[C@H]1C(=O)N2c1ccccc1-c1nn[nH]n1)C(=O)N1CCC[C@H]1C#N. The molecule has 3 amide bonds. The standard InChI is InChI=1S/C25H31N9O4/c1-25(2,3)38-24(37)27-18(22(35)33-10-6-7-15(33)12-26)14-32-13-16-11-20(32)23(36)34(16)19-9-5-4-8-17(19)21-28-30-31-29-21/h4-5,8-9,15-16,18,20H,6-7,10-11,13-14H2,1-3H3,(H,27,37)(H,28,29,30,31)/t15-,16?,18-,20-/m0/s1. The van der Waals surface area contributed by atoms with Crippen molar-refractivity contribution in [2.75, 3.05) is 24.5 Å². The summed E-state index contributed by atoms with van der Waals surface area (Å²) in [6.45, 7) is 6.35. The summed E-state index contributed by atoms with van der Waals surface area (Å²) in [6.07, 6.45) is 1.21. The number of ether oxygens (including phenoxy) is 1. The van der Waals surface area contributed by atoms with E-state index in [1.54, 1.807) is 25.7 Å². The van der Waals surface area contributed by atoms with Gasteiger partial charge in [0.05, 0.1) is 23.8 Å². The van der Waals surface area contributed by atoms with Crippen LogP contribution in [-0.2, 0) is 14.3 Å². The van der Waals surface area contributed by atoms with E-state index in [2.05, 4.69) is 32.0 Å². The number of para-hydroxylation sites is 1. The van der Waals surface area contributed by atoms with Gasteiger partial charge < -0.3 is 19.9 Å². The predicted molar refractivity (Wildman–Crippen MR) is 134 cm³/mol. The van der Waals surface area contributed by atoms with Gasteiger partial charge in [-0.05, 0) is 57.4 Å². The first kappa shape index (κ1) is 25.6. The van der Waals surface area contributed by atoms with E-state index in [4.69, 9.17) is 4.74 Å². The van der Waals surface area contributed by atoms with Gasteiger partial charge in [-0.3, -0.25) is 14.5 Å². The Kier molecular flexibility index (Phi) is 6.75. The Morgan fingerprint density at radius 3 is 2.79 bits per heavy atom. The maximum absolute atomic E-state index is 13.6. The number of fused-ring (bicyclic) bond motifs is 2. The minimum absolute atomic E-state index is 0.0864. The van der Waals surface area contributed by atoms with E-state index in [-0.39, 0.29) is 24.4 Å². The number of aromatic nitrogens is 4. The molecule has 13 heteroatoms. The maximum Gasteiger partial charge on any atom is 0.408 e. The average molecular weight is 522 g/mol. The third kappa shape index (κ3) is 4.91. The Morgan fingerprint density at radius 2 is 2.11 bits per heavy atom. The van der Waals surface area contributed by atoms with Gasteiger partial charge in [0, 0.05) is 25.2 Å². The molecule has 3 aliphatic heterocycles. The number of alkyl carbamates (subject to hydrolysis) is 1. The molecular weight excluding hydrogens is 490 g/mol. The third-order valence-electron chi connectivity index (χ3n) is 7.11. The molecule has 3 aliphatic rings. The van der Waals surface area contributed by atoms with Crippen molar-refractivity contribution >= 4 is 23.6 Å². The van der Waals surface area contributed by atoms with Crippen molar-refractivity contribution in [1.29, 1.82) is 5.26 Å². The zero-order valence-electron chi connectivity index (χ0n) is 21.6. The number of nitrogens with zero attached hydrogens (tertiary/aromatic N) is 7. The Balaban J connectivity index is 1.34. The topological polar surface area (TPSA) is 160 Å². The molecule has 0 spiro atoms. The van der Waals surface area contributed by atoms with Crippen LogP contribution in [0.25, 0.3) is 11.4 Å². The van der Waals surface area contributed by atoms with Gasteiger partial charge in [0.15, 0.2) is 0 Å². The van der Waals surface area contributed by atoms with E-state index >= 15 is 0 Å². The van der Waals surface area contributed by atoms with Gasteiger partial charge in [-0.1, -0.05) is 12.1 Å². The molecular formula is C25H31N9O4. The summed E-state index contributed by atoms with van der Waals surface area (Å²) in [4.78, 5) is 45.0. The van der Waals surface area contributed by atoms with E-state index in [1.807, 2.05) is 29.2 Å². The number of H-pyrrole nitrogens is 1. The summed E-state index contributed by atoms with van der Waals surface area (Å²) < 4.78 is 5.41. The van der Waals surface area contributed by atoms with Gasteiger partial charge in [0.2, 0.25) is 17.6 Å². The number of amides is 3. The Morgan fingerprint density at radius 1 is 1.32 bits per heavy atom. The zero-order valence-corrected chi connectivity index (χ0v) is 21.6. The van der Waals surface area contributed by atoms with E-state index in [0.29, 0.717) is 43.0 Å². The smallest absolute Gasteiger partial charge is 0.408 e. The number of aromatic amines is 1. The summed E-state index contributed by atoms with van der Waals surface area (Å²) in [5.41, 5.74) is 0.667. The number of piperazine rings is 1. The molecule has 13 nitrogen and oxygen atoms in total. The molecule has 2 N–H and O–H groups in total. The van der Waals surface area contributed by atoms with Crippen LogP contribution in [0.3, 0.4) is 0 Å². The highest BCUT2D eigenvalue weighted by atomic mass is 16.6. The van der Waals surface area contributed by atoms with Crippen LogP contribution in [0.5, 0.6) is 0 Å². The molecule has 2 bridgehead atoms. The number of benzene rings is 1. The molecule has 2 aromatic rings. The predicted octanol–water partition coefficient (Wildman–Crippen LogP) is 1.06. The molecule has 0 radical (unpaired) electrons. The number of likely N-dealkylation sites (tertiary alicyclic amines) is 2. The first-order valence-corrected chi connectivity index (χ1v) is 12.8. The summed E-state index contributed by atoms with van der Waals surface area (Å²) >= 11 is 0. The Bertz CT molecular complexity index is 1250. The molecule has 0 aliphatic carbocycles. The summed E-state index contributed by atoms with van der Waals surface area (Å²) in [5.74, 6) is -0.0240. The minimum atomic E-state index is -0.953. The number of carbonyl (C=O) groups is 3. The normalized spacial score (nSPS) is 23.9. The highest BCUT2D eigenvalue weighted by Crippen LogP contribution is 2.39. The van der Waals surface area contributed by atoms with Crippen LogP contribution in [-0.4, -0.2) is 97.7 Å². The van der Waals surface area contributed by atoms with Crippen molar-refractivity contribution in [3.05, 3.63) is 24.3 Å². The van der Waals surface area contributed by atoms with Gasteiger partial charge in [-0.25, -0.2) is 4.79 Å². The average Bonchev–Trinajstić information content (AvgIpc) is 3.66. The fourth-order valence-electron chi connectivity index (χ4n) is 5.56. The molecule has 3 fully saturated rings. The van der Waals surface area contributed by atoms with E-state index in [1.165, 1.54) is 4.90 Å². The quantitative estimate of drug-likeness (QED) is 0.566. The van der Waals surface area contributed by atoms with Crippen molar-refractivity contribution < 1.29 is 19.1 Å². The minimum Gasteiger partial charge on any atom is -0.444 e. The number of anilines is 1. The number of rotatable bonds is 6. The van der Waals surface area contributed by atoms with Gasteiger partial charge in [0.1, 0.15) is 17.7 Å². The fourth-order valence-corrected chi connectivity index (χ4v) is 5.56. The second-order valence-electron chi connectivity index (χ2n) is 10.8. The lowest BCUT2D eigenvalue weighted by Gasteiger charge is -2.37. The van der Waals surface area contributed by atoms with Crippen LogP contribution >= 0.6 is 0 Å². The molecule has 0 saturated carbocycles. The van der Waals surface area contributed by atoms with Crippen LogP contribution in [0.1, 0.15) is 40.0 Å². The molecule has 3 saturated heterocycles. The van der Waals surface area contributed by atoms with Crippen LogP contribution < -0.4 is 10.2 Å². The number of nitriles is 1. The van der Waals surface area contributed by atoms with E-state index in [0.717, 1.165) is 6.42 Å². The van der Waals surface area contributed by atoms with Crippen LogP contribution in [0.4, 0.5) is 10.5 Å². The Labute approximate surface area is 220 Å². The van der Waals surface area contributed by atoms with Crippen molar-refractivity contribution in [2.24, 2.45) is 0 Å². The van der Waals surface area contributed by atoms with Crippen LogP contribution in [0.2, 0.25) is 0 Å². The van der Waals surface area contributed by atoms with Gasteiger partial charge in [-0.15, -0.1) is 10.2 Å². The second kappa shape index (κ2) is 10.0. The fraction of sp³-hybridized carbons (Fsp3) is 0.560. The van der Waals surface area contributed by atoms with Crippen molar-refractivity contribution in [3.63, 3.8) is 0 Å². The first-order chi connectivity index (χ1) is 18.2. The first-order valence-electron chi connectivity index (χ1n) is 12.8. The van der Waals surface area contributed by atoms with Gasteiger partial charge in [-0.2, -0.15) is 10.5 Å².